The Bertz CT molecular complexity index is 1890. The summed E-state index contributed by atoms with van der Waals surface area (Å²) in [5, 5.41) is 60.4. The van der Waals surface area contributed by atoms with Crippen molar-refractivity contribution in [1.29, 1.82) is 0 Å². The number of aliphatic carboxylic acids is 1. The molecule has 0 aliphatic carbocycles. The van der Waals surface area contributed by atoms with Crippen molar-refractivity contribution < 1.29 is 54.1 Å². The van der Waals surface area contributed by atoms with Crippen LogP contribution in [0, 0.1) is 12.3 Å². The van der Waals surface area contributed by atoms with Gasteiger partial charge in [-0.3, -0.25) is 19.2 Å². The molecule has 2 amide bonds. The number of unbranched alkanes of at least 4 members (excludes halogenated alkanes) is 3. The van der Waals surface area contributed by atoms with Crippen molar-refractivity contribution in [3.8, 4) is 12.3 Å². The lowest BCUT2D eigenvalue weighted by molar-refractivity contribution is -0.310. The van der Waals surface area contributed by atoms with Crippen LogP contribution in [0.3, 0.4) is 0 Å². The van der Waals surface area contributed by atoms with Gasteiger partial charge < -0.3 is 60.6 Å². The lowest BCUT2D eigenvalue weighted by Gasteiger charge is -2.46. The molecule has 0 bridgehead atoms. The van der Waals surface area contributed by atoms with Crippen LogP contribution in [0.15, 0.2) is 64.2 Å². The molecule has 1 aliphatic rings. The molecular formula is C40H50N4O13. The molecule has 0 spiro atoms. The SMILES string of the molecule is C#Cc1ccc(CC(=O)NC[C@@H](O)[C@@H](O)C2OC(OCCCCCCN(c3ccccc3)c3c(NCCOC)c(=O)c3=O)(C(=O)O)CC(O)C2NC(=O)CO)cc1. The highest BCUT2D eigenvalue weighted by Crippen LogP contribution is 2.34. The third-order valence-electron chi connectivity index (χ3n) is 9.54. The second kappa shape index (κ2) is 21.4. The van der Waals surface area contributed by atoms with Crippen LogP contribution in [0.2, 0.25) is 0 Å². The monoisotopic (exact) mass is 794 g/mol. The maximum atomic E-state index is 12.7. The second-order valence-electron chi connectivity index (χ2n) is 13.6. The zero-order chi connectivity index (χ0) is 41.5. The van der Waals surface area contributed by atoms with Gasteiger partial charge in [0.05, 0.1) is 37.9 Å². The molecule has 3 aromatic carbocycles. The number of methoxy groups -OCH3 is 1. The van der Waals surface area contributed by atoms with Crippen molar-refractivity contribution >= 4 is 34.8 Å². The summed E-state index contributed by atoms with van der Waals surface area (Å²) in [5.74, 6) is -3.14. The van der Waals surface area contributed by atoms with Gasteiger partial charge in [-0.15, -0.1) is 6.42 Å². The predicted octanol–water partition coefficient (Wildman–Crippen LogP) is -0.474. The molecule has 0 saturated carbocycles. The van der Waals surface area contributed by atoms with E-state index in [4.69, 9.17) is 20.6 Å². The second-order valence-corrected chi connectivity index (χ2v) is 13.6. The number of amides is 2. The number of benzene rings is 2. The van der Waals surface area contributed by atoms with E-state index in [1.807, 2.05) is 30.3 Å². The largest absolute Gasteiger partial charge is 0.477 e. The lowest BCUT2D eigenvalue weighted by atomic mass is 9.88. The van der Waals surface area contributed by atoms with Crippen LogP contribution >= 0.6 is 0 Å². The first-order valence-electron chi connectivity index (χ1n) is 18.6. The zero-order valence-electron chi connectivity index (χ0n) is 31.6. The molecule has 1 aliphatic heterocycles. The summed E-state index contributed by atoms with van der Waals surface area (Å²) < 4.78 is 16.6. The highest BCUT2D eigenvalue weighted by atomic mass is 16.7. The molecule has 8 N–H and O–H groups in total. The quantitative estimate of drug-likeness (QED) is 0.0343. The maximum absolute atomic E-state index is 12.7. The molecule has 1 saturated heterocycles. The number of carbonyl (C=O) groups is 3. The van der Waals surface area contributed by atoms with Crippen molar-refractivity contribution in [3.63, 3.8) is 0 Å². The minimum Gasteiger partial charge on any atom is -0.477 e. The lowest BCUT2D eigenvalue weighted by Crippen LogP contribution is -2.68. The molecule has 6 atom stereocenters. The molecule has 17 heteroatoms. The molecule has 57 heavy (non-hydrogen) atoms. The van der Waals surface area contributed by atoms with E-state index < -0.39 is 84.5 Å². The standard InChI is InChI=1S/C40H50N4O13/c1-3-25-13-15-26(16-14-25)21-30(48)42-23-29(47)35(50)38-32(43-31(49)24-45)28(46)22-40(57-38,39(53)54)56-19-10-5-4-9-18-44(27-11-7-6-8-12-27)34-33(36(51)37(34)52)41-17-20-55-2/h1,6-8,11-16,28-29,32,35,38,41,45-47,50H,4-5,9-10,17-24H2,2H3,(H,42,48)(H,43,49)(H,53,54)/t28?,29-,32?,35-,38?,40?/m1/s1. The van der Waals surface area contributed by atoms with Crippen LogP contribution in [0.25, 0.3) is 0 Å². The number of carbonyl (C=O) groups excluding carboxylic acids is 2. The Kier molecular flexibility index (Phi) is 16.7. The number of carboxylic acid groups (broad SMARTS) is 1. The predicted molar refractivity (Wildman–Crippen MR) is 208 cm³/mol. The number of hydrogen-bond acceptors (Lipinski definition) is 14. The summed E-state index contributed by atoms with van der Waals surface area (Å²) >= 11 is 0. The highest BCUT2D eigenvalue weighted by Gasteiger charge is 2.55. The molecule has 4 unspecified atom stereocenters. The minimum absolute atomic E-state index is 0.0742. The molecule has 0 aromatic heterocycles. The van der Waals surface area contributed by atoms with Crippen LogP contribution in [0.1, 0.15) is 43.2 Å². The number of para-hydroxylation sites is 1. The van der Waals surface area contributed by atoms with E-state index in [2.05, 4.69) is 21.9 Å². The summed E-state index contributed by atoms with van der Waals surface area (Å²) in [7, 11) is 1.53. The number of ether oxygens (including phenoxy) is 3. The molecule has 1 heterocycles. The van der Waals surface area contributed by atoms with E-state index >= 15 is 0 Å². The first-order chi connectivity index (χ1) is 27.3. The molecular weight excluding hydrogens is 744 g/mol. The Morgan fingerprint density at radius 1 is 1.00 bits per heavy atom. The highest BCUT2D eigenvalue weighted by molar-refractivity contribution is 5.81. The Morgan fingerprint density at radius 3 is 2.35 bits per heavy atom. The molecule has 3 aromatic rings. The average molecular weight is 795 g/mol. The van der Waals surface area contributed by atoms with Gasteiger partial charge in [0.25, 0.3) is 16.6 Å². The number of terminal acetylenes is 1. The number of nitrogens with one attached hydrogen (secondary N) is 3. The summed E-state index contributed by atoms with van der Waals surface area (Å²) in [6.07, 6.45) is -0.485. The number of nitrogens with zero attached hydrogens (tertiary/aromatic N) is 1. The number of aliphatic hydroxyl groups excluding tert-OH is 4. The van der Waals surface area contributed by atoms with E-state index in [1.165, 1.54) is 7.11 Å². The number of anilines is 3. The molecule has 4 rings (SSSR count). The zero-order valence-corrected chi connectivity index (χ0v) is 31.6. The summed E-state index contributed by atoms with van der Waals surface area (Å²) in [6, 6.07) is 14.3. The summed E-state index contributed by atoms with van der Waals surface area (Å²) in [5.41, 5.74) is 1.29. The summed E-state index contributed by atoms with van der Waals surface area (Å²) in [6.45, 7) is -0.578. The average Bonchev–Trinajstić information content (AvgIpc) is 3.21. The van der Waals surface area contributed by atoms with Crippen molar-refractivity contribution in [2.24, 2.45) is 0 Å². The van der Waals surface area contributed by atoms with Crippen molar-refractivity contribution in [2.45, 2.75) is 74.8 Å². The van der Waals surface area contributed by atoms with Gasteiger partial charge in [0.1, 0.15) is 30.2 Å². The molecule has 0 radical (unpaired) electrons. The number of rotatable bonds is 23. The number of hydrogen-bond donors (Lipinski definition) is 8. The maximum Gasteiger partial charge on any atom is 0.364 e. The Labute approximate surface area is 329 Å². The Hall–Kier alpha value is -5.19. The third-order valence-corrected chi connectivity index (χ3v) is 9.54. The van der Waals surface area contributed by atoms with E-state index in [0.717, 1.165) is 5.69 Å². The van der Waals surface area contributed by atoms with Crippen LogP contribution in [-0.2, 0) is 35.0 Å². The number of carboxylic acids is 1. The van der Waals surface area contributed by atoms with Gasteiger partial charge in [0.15, 0.2) is 0 Å². The van der Waals surface area contributed by atoms with Crippen molar-refractivity contribution in [2.75, 3.05) is 56.8 Å². The van der Waals surface area contributed by atoms with Gasteiger partial charge in [0.2, 0.25) is 11.8 Å². The Balaban J connectivity index is 1.36. The smallest absolute Gasteiger partial charge is 0.364 e. The molecule has 1 fully saturated rings. The fourth-order valence-electron chi connectivity index (χ4n) is 6.49. The van der Waals surface area contributed by atoms with Gasteiger partial charge in [-0.1, -0.05) is 49.1 Å². The first kappa shape index (κ1) is 44.5. The van der Waals surface area contributed by atoms with Crippen LogP contribution < -0.4 is 31.7 Å². The van der Waals surface area contributed by atoms with E-state index in [1.54, 1.807) is 29.2 Å². The van der Waals surface area contributed by atoms with Crippen molar-refractivity contribution in [3.05, 3.63) is 86.2 Å². The van der Waals surface area contributed by atoms with Crippen LogP contribution in [-0.4, -0.2) is 126 Å². The fourth-order valence-corrected chi connectivity index (χ4v) is 6.49. The molecule has 17 nitrogen and oxygen atoms in total. The topological polar surface area (TPSA) is 254 Å². The van der Waals surface area contributed by atoms with Gasteiger partial charge in [0, 0.05) is 44.4 Å². The van der Waals surface area contributed by atoms with E-state index in [9.17, 15) is 49.5 Å². The van der Waals surface area contributed by atoms with Gasteiger partial charge >= 0.3 is 5.97 Å². The molecule has 308 valence electrons. The Morgan fingerprint density at radius 2 is 1.70 bits per heavy atom. The van der Waals surface area contributed by atoms with Crippen LogP contribution in [0.4, 0.5) is 17.1 Å². The van der Waals surface area contributed by atoms with E-state index in [0.29, 0.717) is 56.5 Å². The number of aliphatic hydroxyl groups is 4. The fraction of sp³-hybridized carbons (Fsp3) is 0.475. The summed E-state index contributed by atoms with van der Waals surface area (Å²) in [4.78, 5) is 64.2. The first-order valence-corrected chi connectivity index (χ1v) is 18.6. The van der Waals surface area contributed by atoms with Gasteiger partial charge in [-0.2, -0.15) is 0 Å². The normalized spacial score (nSPS) is 20.2. The van der Waals surface area contributed by atoms with Crippen molar-refractivity contribution in [1.82, 2.24) is 10.6 Å². The van der Waals surface area contributed by atoms with Gasteiger partial charge in [-0.05, 0) is 42.7 Å². The van der Waals surface area contributed by atoms with Crippen LogP contribution in [0.5, 0.6) is 0 Å². The third kappa shape index (κ3) is 11.7. The van der Waals surface area contributed by atoms with Gasteiger partial charge in [-0.25, -0.2) is 4.79 Å². The minimum atomic E-state index is -2.50. The van der Waals surface area contributed by atoms with E-state index in [-0.39, 0.29) is 24.4 Å².